The SMILES string of the molecule is Cc1nc2cc(NC(C)C(=O)NC(=O)NC3CCCCC3)ccc2o1. The Bertz CT molecular complexity index is 765. The van der Waals surface area contributed by atoms with Crippen LogP contribution in [-0.4, -0.2) is 29.0 Å². The zero-order valence-electron chi connectivity index (χ0n) is 14.6. The molecule has 3 rings (SSSR count). The van der Waals surface area contributed by atoms with Crippen LogP contribution in [0.5, 0.6) is 0 Å². The molecule has 1 aliphatic carbocycles. The average Bonchev–Trinajstić information content (AvgIpc) is 2.94. The van der Waals surface area contributed by atoms with Gasteiger partial charge in [0.1, 0.15) is 11.6 Å². The molecular formula is C18H24N4O3. The van der Waals surface area contributed by atoms with Gasteiger partial charge in [-0.2, -0.15) is 0 Å². The van der Waals surface area contributed by atoms with Crippen molar-refractivity contribution in [1.82, 2.24) is 15.6 Å². The van der Waals surface area contributed by atoms with Crippen LogP contribution < -0.4 is 16.0 Å². The summed E-state index contributed by atoms with van der Waals surface area (Å²) in [5.41, 5.74) is 2.17. The minimum atomic E-state index is -0.553. The number of nitrogens with zero attached hydrogens (tertiary/aromatic N) is 1. The lowest BCUT2D eigenvalue weighted by Crippen LogP contribution is -2.49. The van der Waals surface area contributed by atoms with E-state index >= 15 is 0 Å². The molecule has 25 heavy (non-hydrogen) atoms. The van der Waals surface area contributed by atoms with Gasteiger partial charge in [0.2, 0.25) is 5.91 Å². The van der Waals surface area contributed by atoms with Crippen molar-refractivity contribution in [2.45, 2.75) is 58.0 Å². The summed E-state index contributed by atoms with van der Waals surface area (Å²) >= 11 is 0. The number of carbonyl (C=O) groups is 2. The van der Waals surface area contributed by atoms with Crippen LogP contribution in [0.3, 0.4) is 0 Å². The molecule has 1 saturated carbocycles. The lowest BCUT2D eigenvalue weighted by atomic mass is 9.96. The number of aromatic nitrogens is 1. The fraction of sp³-hybridized carbons (Fsp3) is 0.500. The molecule has 1 aromatic carbocycles. The van der Waals surface area contributed by atoms with Crippen molar-refractivity contribution in [3.05, 3.63) is 24.1 Å². The number of rotatable bonds is 4. The van der Waals surface area contributed by atoms with Gasteiger partial charge in [0.15, 0.2) is 11.5 Å². The van der Waals surface area contributed by atoms with Gasteiger partial charge >= 0.3 is 6.03 Å². The first-order valence-electron chi connectivity index (χ1n) is 8.76. The van der Waals surface area contributed by atoms with Crippen LogP contribution in [-0.2, 0) is 4.79 Å². The van der Waals surface area contributed by atoms with E-state index in [1.165, 1.54) is 6.42 Å². The van der Waals surface area contributed by atoms with Crippen molar-refractivity contribution >= 4 is 28.7 Å². The molecule has 0 spiro atoms. The number of carbonyl (C=O) groups excluding carboxylic acids is 2. The molecule has 134 valence electrons. The van der Waals surface area contributed by atoms with Gasteiger partial charge in [0, 0.05) is 18.7 Å². The summed E-state index contributed by atoms with van der Waals surface area (Å²) in [7, 11) is 0. The van der Waals surface area contributed by atoms with Crippen LogP contribution >= 0.6 is 0 Å². The Hall–Kier alpha value is -2.57. The van der Waals surface area contributed by atoms with Crippen LogP contribution in [0.1, 0.15) is 44.9 Å². The Balaban J connectivity index is 1.53. The smallest absolute Gasteiger partial charge is 0.321 e. The van der Waals surface area contributed by atoms with E-state index in [1.807, 2.05) is 12.1 Å². The van der Waals surface area contributed by atoms with Gasteiger partial charge in [-0.3, -0.25) is 10.1 Å². The topological polar surface area (TPSA) is 96.3 Å². The Morgan fingerprint density at radius 2 is 2.00 bits per heavy atom. The first kappa shape index (κ1) is 17.3. The lowest BCUT2D eigenvalue weighted by Gasteiger charge is -2.23. The predicted octanol–water partition coefficient (Wildman–Crippen LogP) is 3.10. The number of oxazole rings is 1. The normalized spacial score (nSPS) is 16.4. The molecule has 3 amide bonds. The molecule has 1 aromatic heterocycles. The van der Waals surface area contributed by atoms with Crippen LogP contribution in [0.4, 0.5) is 10.5 Å². The third-order valence-electron chi connectivity index (χ3n) is 4.45. The predicted molar refractivity (Wildman–Crippen MR) is 95.4 cm³/mol. The van der Waals surface area contributed by atoms with Gasteiger partial charge < -0.3 is 15.1 Å². The maximum Gasteiger partial charge on any atom is 0.321 e. The molecule has 1 fully saturated rings. The van der Waals surface area contributed by atoms with Crippen molar-refractivity contribution in [3.63, 3.8) is 0 Å². The fourth-order valence-electron chi connectivity index (χ4n) is 3.14. The van der Waals surface area contributed by atoms with Crippen LogP contribution in [0.15, 0.2) is 22.6 Å². The van der Waals surface area contributed by atoms with Gasteiger partial charge in [-0.05, 0) is 38.0 Å². The number of hydrogen-bond acceptors (Lipinski definition) is 5. The quantitative estimate of drug-likeness (QED) is 0.792. The van der Waals surface area contributed by atoms with E-state index in [2.05, 4.69) is 20.9 Å². The number of benzene rings is 1. The molecule has 7 nitrogen and oxygen atoms in total. The molecule has 2 aromatic rings. The molecule has 1 unspecified atom stereocenters. The third-order valence-corrected chi connectivity index (χ3v) is 4.45. The number of anilines is 1. The number of amides is 3. The molecule has 0 aliphatic heterocycles. The number of aryl methyl sites for hydroxylation is 1. The van der Waals surface area contributed by atoms with E-state index in [-0.39, 0.29) is 11.9 Å². The highest BCUT2D eigenvalue weighted by atomic mass is 16.3. The van der Waals surface area contributed by atoms with Crippen LogP contribution in [0, 0.1) is 6.92 Å². The summed E-state index contributed by atoms with van der Waals surface area (Å²) < 4.78 is 5.43. The van der Waals surface area contributed by atoms with E-state index in [4.69, 9.17) is 4.42 Å². The summed E-state index contributed by atoms with van der Waals surface area (Å²) in [6.45, 7) is 3.50. The third kappa shape index (κ3) is 4.49. The number of urea groups is 1. The largest absolute Gasteiger partial charge is 0.441 e. The zero-order valence-corrected chi connectivity index (χ0v) is 14.6. The molecule has 3 N–H and O–H groups in total. The lowest BCUT2D eigenvalue weighted by molar-refractivity contribution is -0.120. The Morgan fingerprint density at radius 3 is 2.76 bits per heavy atom. The highest BCUT2D eigenvalue weighted by molar-refractivity contribution is 5.98. The van der Waals surface area contributed by atoms with E-state index < -0.39 is 12.1 Å². The van der Waals surface area contributed by atoms with Gasteiger partial charge in [-0.25, -0.2) is 9.78 Å². The second kappa shape index (κ2) is 7.55. The average molecular weight is 344 g/mol. The van der Waals surface area contributed by atoms with Crippen molar-refractivity contribution in [2.24, 2.45) is 0 Å². The van der Waals surface area contributed by atoms with E-state index in [0.717, 1.165) is 36.9 Å². The van der Waals surface area contributed by atoms with Crippen molar-refractivity contribution in [2.75, 3.05) is 5.32 Å². The van der Waals surface area contributed by atoms with Crippen molar-refractivity contribution in [3.8, 4) is 0 Å². The monoisotopic (exact) mass is 344 g/mol. The van der Waals surface area contributed by atoms with E-state index in [1.54, 1.807) is 19.9 Å². The number of hydrogen-bond donors (Lipinski definition) is 3. The number of nitrogens with one attached hydrogen (secondary N) is 3. The maximum absolute atomic E-state index is 12.2. The minimum absolute atomic E-state index is 0.169. The Kier molecular flexibility index (Phi) is 5.21. The maximum atomic E-state index is 12.2. The minimum Gasteiger partial charge on any atom is -0.441 e. The first-order chi connectivity index (χ1) is 12.0. The molecule has 0 bridgehead atoms. The summed E-state index contributed by atoms with van der Waals surface area (Å²) in [4.78, 5) is 28.4. The van der Waals surface area contributed by atoms with Gasteiger partial charge in [-0.1, -0.05) is 19.3 Å². The van der Waals surface area contributed by atoms with E-state index in [9.17, 15) is 9.59 Å². The molecular weight excluding hydrogens is 320 g/mol. The second-order valence-corrected chi connectivity index (χ2v) is 6.58. The standard InChI is InChI=1S/C18H24N4O3/c1-11(17(23)22-18(24)21-13-6-4-3-5-7-13)19-14-8-9-16-15(10-14)20-12(2)25-16/h8-11,13,19H,3-7H2,1-2H3,(H2,21,22,23,24). The summed E-state index contributed by atoms with van der Waals surface area (Å²) in [6, 6.07) is 4.63. The van der Waals surface area contributed by atoms with Crippen LogP contribution in [0.25, 0.3) is 11.1 Å². The van der Waals surface area contributed by atoms with Gasteiger partial charge in [0.05, 0.1) is 0 Å². The Morgan fingerprint density at radius 1 is 1.24 bits per heavy atom. The molecule has 7 heteroatoms. The highest BCUT2D eigenvalue weighted by Crippen LogP contribution is 2.20. The number of fused-ring (bicyclic) bond motifs is 1. The molecule has 1 atom stereocenters. The van der Waals surface area contributed by atoms with Gasteiger partial charge in [-0.15, -0.1) is 0 Å². The van der Waals surface area contributed by atoms with Crippen molar-refractivity contribution in [1.29, 1.82) is 0 Å². The van der Waals surface area contributed by atoms with Crippen LogP contribution in [0.2, 0.25) is 0 Å². The van der Waals surface area contributed by atoms with Crippen molar-refractivity contribution < 1.29 is 14.0 Å². The van der Waals surface area contributed by atoms with Gasteiger partial charge in [0.25, 0.3) is 0 Å². The molecule has 1 aliphatic rings. The first-order valence-corrected chi connectivity index (χ1v) is 8.76. The summed E-state index contributed by atoms with van der Waals surface area (Å²) in [5, 5.41) is 8.36. The zero-order chi connectivity index (χ0) is 17.8. The summed E-state index contributed by atoms with van der Waals surface area (Å²) in [5.74, 6) is 0.224. The molecule has 1 heterocycles. The molecule has 0 radical (unpaired) electrons. The summed E-state index contributed by atoms with van der Waals surface area (Å²) in [6.07, 6.45) is 5.43. The fourth-order valence-corrected chi connectivity index (χ4v) is 3.14. The molecule has 0 saturated heterocycles. The Labute approximate surface area is 146 Å². The second-order valence-electron chi connectivity index (χ2n) is 6.58. The van der Waals surface area contributed by atoms with E-state index in [0.29, 0.717) is 11.5 Å². The highest BCUT2D eigenvalue weighted by Gasteiger charge is 2.19. The number of imide groups is 1.